The zero-order valence-electron chi connectivity index (χ0n) is 18.9. The summed E-state index contributed by atoms with van der Waals surface area (Å²) in [7, 11) is 0. The second-order valence-electron chi connectivity index (χ2n) is 8.30. The Kier molecular flexibility index (Phi) is 8.11. The van der Waals surface area contributed by atoms with Gasteiger partial charge in [0.15, 0.2) is 5.75 Å². The Morgan fingerprint density at radius 2 is 1.41 bits per heavy atom. The number of hydrogen-bond donors (Lipinski definition) is 1. The number of pyridine rings is 1. The molecule has 1 amide bonds. The van der Waals surface area contributed by atoms with Crippen LogP contribution in [0.4, 0.5) is 9.59 Å². The number of carbonyl (C=O) groups is 2. The minimum Gasteiger partial charge on any atom is -0.445 e. The molecule has 176 valence electrons. The summed E-state index contributed by atoms with van der Waals surface area (Å²) >= 11 is 0. The quantitative estimate of drug-likeness (QED) is 0.452. The summed E-state index contributed by atoms with van der Waals surface area (Å²) < 4.78 is 15.7. The molecule has 1 aliphatic rings. The number of nitrogens with zero attached hydrogens (tertiary/aromatic N) is 1. The molecule has 7 nitrogen and oxygen atoms in total. The number of aromatic nitrogens is 1. The maximum atomic E-state index is 12.1. The van der Waals surface area contributed by atoms with E-state index in [-0.39, 0.29) is 25.3 Å². The molecule has 1 aliphatic carbocycles. The van der Waals surface area contributed by atoms with Crippen molar-refractivity contribution in [3.63, 3.8) is 0 Å². The maximum Gasteiger partial charge on any atom is 0.514 e. The van der Waals surface area contributed by atoms with Crippen molar-refractivity contribution in [1.29, 1.82) is 0 Å². The summed E-state index contributed by atoms with van der Waals surface area (Å²) in [6, 6.07) is 22.8. The lowest BCUT2D eigenvalue weighted by Gasteiger charge is -2.28. The highest BCUT2D eigenvalue weighted by atomic mass is 16.7. The van der Waals surface area contributed by atoms with Gasteiger partial charge in [0.05, 0.1) is 6.20 Å². The molecule has 1 heterocycles. The van der Waals surface area contributed by atoms with E-state index in [0.29, 0.717) is 11.7 Å². The monoisotopic (exact) mass is 460 g/mol. The van der Waals surface area contributed by atoms with E-state index in [2.05, 4.69) is 10.3 Å². The van der Waals surface area contributed by atoms with Gasteiger partial charge in [-0.25, -0.2) is 9.59 Å². The van der Waals surface area contributed by atoms with Crippen LogP contribution < -0.4 is 10.1 Å². The van der Waals surface area contributed by atoms with Gasteiger partial charge in [-0.15, -0.1) is 0 Å². The molecule has 0 atom stereocenters. The smallest absolute Gasteiger partial charge is 0.445 e. The van der Waals surface area contributed by atoms with Crippen LogP contribution in [0.25, 0.3) is 0 Å². The van der Waals surface area contributed by atoms with E-state index in [1.165, 1.54) is 0 Å². The summed E-state index contributed by atoms with van der Waals surface area (Å²) in [6.45, 7) is 0.419. The van der Waals surface area contributed by atoms with Gasteiger partial charge in [0.25, 0.3) is 0 Å². The molecule has 1 saturated carbocycles. The van der Waals surface area contributed by atoms with Crippen LogP contribution in [0.15, 0.2) is 79.0 Å². The fraction of sp³-hybridized carbons (Fsp3) is 0.296. The number of alkyl carbamates (subject to hydrolysis) is 1. The predicted molar refractivity (Wildman–Crippen MR) is 126 cm³/mol. The molecule has 4 rings (SSSR count). The Labute approximate surface area is 199 Å². The fourth-order valence-corrected chi connectivity index (χ4v) is 4.00. The van der Waals surface area contributed by atoms with Crippen LogP contribution in [0.1, 0.15) is 48.4 Å². The van der Waals surface area contributed by atoms with Crippen LogP contribution in [-0.4, -0.2) is 23.3 Å². The van der Waals surface area contributed by atoms with E-state index < -0.39 is 6.16 Å². The van der Waals surface area contributed by atoms with Gasteiger partial charge in [-0.3, -0.25) is 4.98 Å². The van der Waals surface area contributed by atoms with Crippen LogP contribution in [0.3, 0.4) is 0 Å². The molecular formula is C27H28N2O5. The molecule has 0 radical (unpaired) electrons. The van der Waals surface area contributed by atoms with E-state index in [0.717, 1.165) is 42.5 Å². The number of hydrogen-bond acceptors (Lipinski definition) is 6. The Bertz CT molecular complexity index is 1050. The fourth-order valence-electron chi connectivity index (χ4n) is 4.00. The first-order valence-electron chi connectivity index (χ1n) is 11.5. The lowest BCUT2D eigenvalue weighted by atomic mass is 9.84. The molecule has 0 bridgehead atoms. The Morgan fingerprint density at radius 1 is 0.794 bits per heavy atom. The number of rotatable bonds is 7. The van der Waals surface area contributed by atoms with Crippen LogP contribution in [-0.2, 0) is 22.7 Å². The van der Waals surface area contributed by atoms with Gasteiger partial charge in [0, 0.05) is 17.7 Å². The Balaban J connectivity index is 1.17. The molecule has 0 aliphatic heterocycles. The standard InChI is InChI=1S/C27H28N2O5/c30-26(32-18-20-7-3-1-4-8-20)29-23-13-11-22(12-14-23)25-16-15-24(17-28-25)34-27(31)33-19-21-9-5-2-6-10-21/h1-10,15-17,22-23H,11-14,18-19H2,(H,29,30). The molecule has 2 aromatic carbocycles. The van der Waals surface area contributed by atoms with E-state index in [9.17, 15) is 9.59 Å². The topological polar surface area (TPSA) is 86.8 Å². The Hall–Kier alpha value is -3.87. The first-order valence-corrected chi connectivity index (χ1v) is 11.5. The van der Waals surface area contributed by atoms with Crippen LogP contribution >= 0.6 is 0 Å². The average Bonchev–Trinajstić information content (AvgIpc) is 2.88. The van der Waals surface area contributed by atoms with Gasteiger partial charge in [0.2, 0.25) is 0 Å². The minimum absolute atomic E-state index is 0.0986. The third-order valence-corrected chi connectivity index (χ3v) is 5.84. The molecule has 1 fully saturated rings. The number of amides is 1. The van der Waals surface area contributed by atoms with Gasteiger partial charge < -0.3 is 19.5 Å². The summed E-state index contributed by atoms with van der Waals surface area (Å²) in [6.07, 6.45) is 3.94. The summed E-state index contributed by atoms with van der Waals surface area (Å²) in [5.41, 5.74) is 2.81. The van der Waals surface area contributed by atoms with Crippen LogP contribution in [0.5, 0.6) is 5.75 Å². The third kappa shape index (κ3) is 7.07. The largest absolute Gasteiger partial charge is 0.514 e. The highest BCUT2D eigenvalue weighted by molar-refractivity contribution is 5.67. The normalized spacial score (nSPS) is 17.4. The van der Waals surface area contributed by atoms with E-state index in [4.69, 9.17) is 14.2 Å². The lowest BCUT2D eigenvalue weighted by Crippen LogP contribution is -2.37. The van der Waals surface area contributed by atoms with Gasteiger partial charge in [0.1, 0.15) is 13.2 Å². The van der Waals surface area contributed by atoms with Crippen molar-refractivity contribution in [3.05, 3.63) is 95.8 Å². The van der Waals surface area contributed by atoms with Crippen molar-refractivity contribution >= 4 is 12.2 Å². The van der Waals surface area contributed by atoms with Crippen molar-refractivity contribution in [2.45, 2.75) is 50.9 Å². The van der Waals surface area contributed by atoms with Gasteiger partial charge in [-0.05, 0) is 48.9 Å². The molecule has 0 saturated heterocycles. The molecule has 7 heteroatoms. The first kappa shape index (κ1) is 23.3. The van der Waals surface area contributed by atoms with Crippen molar-refractivity contribution in [2.75, 3.05) is 0 Å². The van der Waals surface area contributed by atoms with Gasteiger partial charge in [-0.2, -0.15) is 0 Å². The van der Waals surface area contributed by atoms with Gasteiger partial charge in [-0.1, -0.05) is 60.7 Å². The molecule has 1 N–H and O–H groups in total. The highest BCUT2D eigenvalue weighted by Crippen LogP contribution is 2.32. The van der Waals surface area contributed by atoms with Crippen molar-refractivity contribution in [1.82, 2.24) is 10.3 Å². The molecule has 3 aromatic rings. The van der Waals surface area contributed by atoms with E-state index >= 15 is 0 Å². The summed E-state index contributed by atoms with van der Waals surface area (Å²) in [5.74, 6) is 0.649. The van der Waals surface area contributed by atoms with Crippen molar-refractivity contribution in [2.24, 2.45) is 0 Å². The molecular weight excluding hydrogens is 432 g/mol. The first-order chi connectivity index (χ1) is 16.7. The minimum atomic E-state index is -0.760. The van der Waals surface area contributed by atoms with Gasteiger partial charge >= 0.3 is 12.2 Å². The number of ether oxygens (including phenoxy) is 3. The van der Waals surface area contributed by atoms with Crippen LogP contribution in [0.2, 0.25) is 0 Å². The number of nitrogens with one attached hydrogen (secondary N) is 1. The van der Waals surface area contributed by atoms with E-state index in [1.54, 1.807) is 12.3 Å². The van der Waals surface area contributed by atoms with Crippen LogP contribution in [0, 0.1) is 0 Å². The second-order valence-corrected chi connectivity index (χ2v) is 8.30. The zero-order valence-corrected chi connectivity index (χ0v) is 18.9. The SMILES string of the molecule is O=C(NC1CCC(c2ccc(OC(=O)OCc3ccccc3)cn2)CC1)OCc1ccccc1. The van der Waals surface area contributed by atoms with E-state index in [1.807, 2.05) is 66.7 Å². The zero-order chi connectivity index (χ0) is 23.6. The second kappa shape index (κ2) is 11.8. The summed E-state index contributed by atoms with van der Waals surface area (Å²) in [4.78, 5) is 28.5. The molecule has 0 unspecified atom stereocenters. The molecule has 34 heavy (non-hydrogen) atoms. The number of carbonyl (C=O) groups excluding carboxylic acids is 2. The highest BCUT2D eigenvalue weighted by Gasteiger charge is 2.25. The predicted octanol–water partition coefficient (Wildman–Crippen LogP) is 5.75. The average molecular weight is 461 g/mol. The van der Waals surface area contributed by atoms with Crippen molar-refractivity contribution in [3.8, 4) is 5.75 Å². The summed E-state index contributed by atoms with van der Waals surface area (Å²) in [5, 5.41) is 2.96. The Morgan fingerprint density at radius 3 is 2.00 bits per heavy atom. The molecule has 0 spiro atoms. The third-order valence-electron chi connectivity index (χ3n) is 5.84. The lowest BCUT2D eigenvalue weighted by molar-refractivity contribution is 0.0926. The maximum absolute atomic E-state index is 12.1. The number of benzene rings is 2. The molecule has 1 aromatic heterocycles. The van der Waals surface area contributed by atoms with Crippen molar-refractivity contribution < 1.29 is 23.8 Å².